The first-order valence-corrected chi connectivity index (χ1v) is 7.86. The molecule has 1 aliphatic rings. The fraction of sp³-hybridized carbons (Fsp3) is 0.667. The van der Waals surface area contributed by atoms with Crippen LogP contribution in [-0.2, 0) is 6.54 Å². The predicted molar refractivity (Wildman–Crippen MR) is 83.2 cm³/mol. The maximum Gasteiger partial charge on any atom is 0.126 e. The Balaban J connectivity index is 1.99. The van der Waals surface area contributed by atoms with Crippen LogP contribution in [0.4, 0.5) is 4.39 Å². The van der Waals surface area contributed by atoms with Gasteiger partial charge >= 0.3 is 0 Å². The van der Waals surface area contributed by atoms with Gasteiger partial charge in [0.2, 0.25) is 0 Å². The van der Waals surface area contributed by atoms with E-state index < -0.39 is 0 Å². The second kappa shape index (κ2) is 6.26. The van der Waals surface area contributed by atoms with Crippen LogP contribution in [0.1, 0.15) is 57.6 Å². The van der Waals surface area contributed by atoms with E-state index in [4.69, 9.17) is 0 Å². The van der Waals surface area contributed by atoms with Gasteiger partial charge in [0.1, 0.15) is 5.82 Å². The molecule has 1 saturated carbocycles. The highest BCUT2D eigenvalue weighted by molar-refractivity contribution is 5.23. The second-order valence-corrected chi connectivity index (χ2v) is 7.33. The summed E-state index contributed by atoms with van der Waals surface area (Å²) in [6.07, 6.45) is 5.27. The quantitative estimate of drug-likeness (QED) is 0.834. The van der Waals surface area contributed by atoms with Gasteiger partial charge in [-0.15, -0.1) is 0 Å². The van der Waals surface area contributed by atoms with Gasteiger partial charge in [0.05, 0.1) is 0 Å². The van der Waals surface area contributed by atoms with Crippen molar-refractivity contribution in [1.29, 1.82) is 0 Å². The molecule has 1 aromatic rings. The van der Waals surface area contributed by atoms with E-state index >= 15 is 0 Å². The molecule has 2 unspecified atom stereocenters. The van der Waals surface area contributed by atoms with Crippen LogP contribution < -0.4 is 5.32 Å². The van der Waals surface area contributed by atoms with Crippen molar-refractivity contribution in [3.8, 4) is 0 Å². The summed E-state index contributed by atoms with van der Waals surface area (Å²) in [5, 5.41) is 3.72. The summed E-state index contributed by atoms with van der Waals surface area (Å²) >= 11 is 0. The molecule has 0 amide bonds. The molecule has 0 radical (unpaired) electrons. The molecule has 0 saturated heterocycles. The van der Waals surface area contributed by atoms with Crippen molar-refractivity contribution >= 4 is 0 Å². The third-order valence-corrected chi connectivity index (χ3v) is 4.67. The number of benzene rings is 1. The molecule has 0 heterocycles. The molecule has 1 fully saturated rings. The molecule has 0 aliphatic heterocycles. The third-order valence-electron chi connectivity index (χ3n) is 4.67. The SMILES string of the molecule is Cc1cc(CNC2CCCCC2C(C)(C)C)ccc1F. The van der Waals surface area contributed by atoms with Gasteiger partial charge in [0.15, 0.2) is 0 Å². The van der Waals surface area contributed by atoms with Crippen molar-refractivity contribution in [3.63, 3.8) is 0 Å². The van der Waals surface area contributed by atoms with Crippen molar-refractivity contribution in [2.24, 2.45) is 11.3 Å². The highest BCUT2D eigenvalue weighted by Gasteiger charge is 2.33. The van der Waals surface area contributed by atoms with E-state index in [-0.39, 0.29) is 5.82 Å². The average molecular weight is 277 g/mol. The minimum atomic E-state index is -0.112. The Bertz CT molecular complexity index is 447. The Hall–Kier alpha value is -0.890. The first-order chi connectivity index (χ1) is 9.38. The maximum atomic E-state index is 13.3. The van der Waals surface area contributed by atoms with Gasteiger partial charge in [0, 0.05) is 12.6 Å². The van der Waals surface area contributed by atoms with E-state index in [1.54, 1.807) is 6.07 Å². The minimum absolute atomic E-state index is 0.112. The van der Waals surface area contributed by atoms with Crippen molar-refractivity contribution in [1.82, 2.24) is 5.32 Å². The van der Waals surface area contributed by atoms with Crippen LogP contribution in [0.5, 0.6) is 0 Å². The number of hydrogen-bond donors (Lipinski definition) is 1. The van der Waals surface area contributed by atoms with Crippen LogP contribution in [0.25, 0.3) is 0 Å². The maximum absolute atomic E-state index is 13.3. The van der Waals surface area contributed by atoms with Gasteiger partial charge in [-0.3, -0.25) is 0 Å². The highest BCUT2D eigenvalue weighted by Crippen LogP contribution is 2.38. The van der Waals surface area contributed by atoms with E-state index in [1.165, 1.54) is 31.2 Å². The molecule has 1 aromatic carbocycles. The van der Waals surface area contributed by atoms with E-state index in [1.807, 2.05) is 19.1 Å². The van der Waals surface area contributed by atoms with Gasteiger partial charge in [0.25, 0.3) is 0 Å². The molecule has 2 heteroatoms. The van der Waals surface area contributed by atoms with Gasteiger partial charge in [-0.05, 0) is 48.3 Å². The van der Waals surface area contributed by atoms with E-state index in [0.29, 0.717) is 11.5 Å². The van der Waals surface area contributed by atoms with Gasteiger partial charge < -0.3 is 5.32 Å². The Morgan fingerprint density at radius 3 is 2.55 bits per heavy atom. The second-order valence-electron chi connectivity index (χ2n) is 7.33. The topological polar surface area (TPSA) is 12.0 Å². The molecule has 1 aliphatic carbocycles. The summed E-state index contributed by atoms with van der Waals surface area (Å²) in [6, 6.07) is 6.02. The molecule has 1 N–H and O–H groups in total. The van der Waals surface area contributed by atoms with Crippen LogP contribution in [0, 0.1) is 24.1 Å². The third kappa shape index (κ3) is 3.82. The molecule has 2 rings (SSSR count). The van der Waals surface area contributed by atoms with Gasteiger partial charge in [-0.25, -0.2) is 4.39 Å². The lowest BCUT2D eigenvalue weighted by Crippen LogP contribution is -2.43. The molecule has 0 spiro atoms. The molecular formula is C18H28FN. The normalized spacial score (nSPS) is 23.9. The zero-order valence-electron chi connectivity index (χ0n) is 13.3. The van der Waals surface area contributed by atoms with Crippen LogP contribution in [0.15, 0.2) is 18.2 Å². The van der Waals surface area contributed by atoms with Crippen LogP contribution in [0.3, 0.4) is 0 Å². The van der Waals surface area contributed by atoms with Crippen molar-refractivity contribution in [2.75, 3.05) is 0 Å². The Kier molecular flexibility index (Phi) is 4.85. The summed E-state index contributed by atoms with van der Waals surface area (Å²) in [5.41, 5.74) is 2.28. The molecule has 2 atom stereocenters. The summed E-state index contributed by atoms with van der Waals surface area (Å²) < 4.78 is 13.3. The molecule has 20 heavy (non-hydrogen) atoms. The van der Waals surface area contributed by atoms with Gasteiger partial charge in [-0.2, -0.15) is 0 Å². The summed E-state index contributed by atoms with van der Waals surface area (Å²) in [7, 11) is 0. The zero-order valence-corrected chi connectivity index (χ0v) is 13.3. The predicted octanol–water partition coefficient (Wildman–Crippen LogP) is 4.83. The van der Waals surface area contributed by atoms with Crippen molar-refractivity contribution < 1.29 is 4.39 Å². The first kappa shape index (κ1) is 15.5. The summed E-state index contributed by atoms with van der Waals surface area (Å²) in [4.78, 5) is 0. The van der Waals surface area contributed by atoms with E-state index in [2.05, 4.69) is 26.1 Å². The van der Waals surface area contributed by atoms with E-state index in [9.17, 15) is 4.39 Å². The number of halogens is 1. The molecule has 0 aromatic heterocycles. The van der Waals surface area contributed by atoms with Crippen LogP contribution >= 0.6 is 0 Å². The number of nitrogens with one attached hydrogen (secondary N) is 1. The van der Waals surface area contributed by atoms with Crippen LogP contribution in [0.2, 0.25) is 0 Å². The standard InChI is InChI=1S/C18H28FN/c1-13-11-14(9-10-16(13)19)12-20-17-8-6-5-7-15(17)18(2,3)4/h9-11,15,17,20H,5-8,12H2,1-4H3. The summed E-state index contributed by atoms with van der Waals surface area (Å²) in [5.74, 6) is 0.622. The minimum Gasteiger partial charge on any atom is -0.310 e. The van der Waals surface area contributed by atoms with E-state index in [0.717, 1.165) is 18.0 Å². The lowest BCUT2D eigenvalue weighted by atomic mass is 9.69. The Labute approximate surface area is 123 Å². The Morgan fingerprint density at radius 2 is 1.90 bits per heavy atom. The van der Waals surface area contributed by atoms with Crippen LogP contribution in [-0.4, -0.2) is 6.04 Å². The molecular weight excluding hydrogens is 249 g/mol. The molecule has 1 nitrogen and oxygen atoms in total. The number of rotatable bonds is 3. The van der Waals surface area contributed by atoms with Gasteiger partial charge in [-0.1, -0.05) is 45.7 Å². The Morgan fingerprint density at radius 1 is 1.20 bits per heavy atom. The lowest BCUT2D eigenvalue weighted by molar-refractivity contribution is 0.130. The van der Waals surface area contributed by atoms with Crippen molar-refractivity contribution in [2.45, 2.75) is 66.0 Å². The molecule has 0 bridgehead atoms. The lowest BCUT2D eigenvalue weighted by Gasteiger charge is -2.41. The van der Waals surface area contributed by atoms with Crippen molar-refractivity contribution in [3.05, 3.63) is 35.1 Å². The first-order valence-electron chi connectivity index (χ1n) is 7.86. The average Bonchev–Trinajstić information content (AvgIpc) is 2.39. The number of hydrogen-bond acceptors (Lipinski definition) is 1. The smallest absolute Gasteiger partial charge is 0.126 e. The largest absolute Gasteiger partial charge is 0.310 e. The highest BCUT2D eigenvalue weighted by atomic mass is 19.1. The fourth-order valence-electron chi connectivity index (χ4n) is 3.48. The monoisotopic (exact) mass is 277 g/mol. The number of aryl methyl sites for hydroxylation is 1. The molecule has 112 valence electrons. The summed E-state index contributed by atoms with van der Waals surface area (Å²) in [6.45, 7) is 9.72. The fourth-order valence-corrected chi connectivity index (χ4v) is 3.48. The zero-order chi connectivity index (χ0) is 14.8.